The second kappa shape index (κ2) is 8.08. The molecule has 0 amide bonds. The highest BCUT2D eigenvalue weighted by Gasteiger charge is 2.11. The Balaban J connectivity index is 1.70. The van der Waals surface area contributed by atoms with Crippen LogP contribution < -0.4 is 0 Å². The number of benzene rings is 1. The number of rotatable bonds is 8. The number of aliphatic hydroxyl groups is 1. The van der Waals surface area contributed by atoms with Gasteiger partial charge in [-0.25, -0.2) is 0 Å². The number of aryl methyl sites for hydroxylation is 2. The van der Waals surface area contributed by atoms with E-state index in [1.807, 2.05) is 62.2 Å². The van der Waals surface area contributed by atoms with Crippen LogP contribution in [0.2, 0.25) is 0 Å². The molecule has 5 nitrogen and oxygen atoms in total. The lowest BCUT2D eigenvalue weighted by Gasteiger charge is -2.20. The molecule has 1 aromatic carbocycles. The van der Waals surface area contributed by atoms with Crippen molar-refractivity contribution in [3.05, 3.63) is 53.3 Å². The summed E-state index contributed by atoms with van der Waals surface area (Å²) >= 11 is 0. The number of ether oxygens (including phenoxy) is 1. The fraction of sp³-hybridized carbons (Fsp3) is 0.471. The van der Waals surface area contributed by atoms with Crippen LogP contribution in [-0.4, -0.2) is 46.1 Å². The molecular formula is C17H25N3O2. The van der Waals surface area contributed by atoms with Crippen molar-refractivity contribution < 1.29 is 9.84 Å². The SMILES string of the molecule is Cc1nn(C)cc1CN(C)CC(O)COCc1ccccc1. The molecule has 1 aromatic heterocycles. The molecule has 5 heteroatoms. The van der Waals surface area contributed by atoms with Gasteiger partial charge in [-0.1, -0.05) is 30.3 Å². The molecular weight excluding hydrogens is 278 g/mol. The van der Waals surface area contributed by atoms with E-state index in [9.17, 15) is 5.11 Å². The standard InChI is InChI=1S/C17H25N3O2/c1-14-16(10-20(3)18-14)9-19(2)11-17(21)13-22-12-15-7-5-4-6-8-15/h4-8,10,17,21H,9,11-13H2,1-3H3. The fourth-order valence-corrected chi connectivity index (χ4v) is 2.46. The van der Waals surface area contributed by atoms with Crippen LogP contribution in [0.15, 0.2) is 36.5 Å². The first kappa shape index (κ1) is 16.7. The van der Waals surface area contributed by atoms with Crippen LogP contribution >= 0.6 is 0 Å². The van der Waals surface area contributed by atoms with Crippen LogP contribution in [0, 0.1) is 6.92 Å². The summed E-state index contributed by atoms with van der Waals surface area (Å²) in [6.45, 7) is 4.22. The molecule has 0 saturated heterocycles. The molecule has 0 fully saturated rings. The van der Waals surface area contributed by atoms with E-state index in [1.165, 1.54) is 5.56 Å². The lowest BCUT2D eigenvalue weighted by Crippen LogP contribution is -2.32. The number of aromatic nitrogens is 2. The highest BCUT2D eigenvalue weighted by molar-refractivity contribution is 5.15. The van der Waals surface area contributed by atoms with Crippen molar-refractivity contribution in [3.8, 4) is 0 Å². The average Bonchev–Trinajstić information content (AvgIpc) is 2.77. The molecule has 2 aromatic rings. The van der Waals surface area contributed by atoms with Gasteiger partial charge in [-0.3, -0.25) is 9.58 Å². The summed E-state index contributed by atoms with van der Waals surface area (Å²) < 4.78 is 7.38. The Kier molecular flexibility index (Phi) is 6.12. The maximum absolute atomic E-state index is 10.1. The molecule has 0 bridgehead atoms. The number of likely N-dealkylation sites (N-methyl/N-ethyl adjacent to an activating group) is 1. The first-order chi connectivity index (χ1) is 10.5. The summed E-state index contributed by atoms with van der Waals surface area (Å²) in [6.07, 6.45) is 1.52. The summed E-state index contributed by atoms with van der Waals surface area (Å²) in [5.41, 5.74) is 3.33. The quantitative estimate of drug-likeness (QED) is 0.807. The molecule has 1 unspecified atom stereocenters. The van der Waals surface area contributed by atoms with Gasteiger partial charge < -0.3 is 9.84 Å². The molecule has 0 aliphatic heterocycles. The zero-order valence-corrected chi connectivity index (χ0v) is 13.6. The third-order valence-electron chi connectivity index (χ3n) is 3.50. The average molecular weight is 303 g/mol. The number of nitrogens with zero attached hydrogens (tertiary/aromatic N) is 3. The van der Waals surface area contributed by atoms with Crippen LogP contribution in [0.5, 0.6) is 0 Å². The minimum atomic E-state index is -0.495. The molecule has 1 heterocycles. The van der Waals surface area contributed by atoms with Gasteiger partial charge in [-0.2, -0.15) is 5.10 Å². The van der Waals surface area contributed by atoms with E-state index in [-0.39, 0.29) is 0 Å². The predicted molar refractivity (Wildman–Crippen MR) is 86.4 cm³/mol. The molecule has 0 radical (unpaired) electrons. The molecule has 1 atom stereocenters. The number of aliphatic hydroxyl groups excluding tert-OH is 1. The van der Waals surface area contributed by atoms with Crippen LogP contribution in [-0.2, 0) is 24.9 Å². The number of hydrogen-bond donors (Lipinski definition) is 1. The highest BCUT2D eigenvalue weighted by Crippen LogP contribution is 2.08. The fourth-order valence-electron chi connectivity index (χ4n) is 2.46. The maximum Gasteiger partial charge on any atom is 0.0900 e. The van der Waals surface area contributed by atoms with E-state index in [0.29, 0.717) is 19.8 Å². The van der Waals surface area contributed by atoms with Gasteiger partial charge in [0.2, 0.25) is 0 Å². The van der Waals surface area contributed by atoms with Gasteiger partial charge in [-0.05, 0) is 19.5 Å². The first-order valence-electron chi connectivity index (χ1n) is 7.52. The molecule has 120 valence electrons. The lowest BCUT2D eigenvalue weighted by atomic mass is 10.2. The zero-order chi connectivity index (χ0) is 15.9. The molecule has 2 rings (SSSR count). The van der Waals surface area contributed by atoms with Crippen LogP contribution in [0.1, 0.15) is 16.8 Å². The predicted octanol–water partition coefficient (Wildman–Crippen LogP) is 1.74. The Morgan fingerprint density at radius 3 is 2.68 bits per heavy atom. The second-order valence-corrected chi connectivity index (χ2v) is 5.76. The monoisotopic (exact) mass is 303 g/mol. The second-order valence-electron chi connectivity index (χ2n) is 5.76. The largest absolute Gasteiger partial charge is 0.389 e. The Labute approximate surface area is 132 Å². The molecule has 0 aliphatic rings. The smallest absolute Gasteiger partial charge is 0.0900 e. The summed E-state index contributed by atoms with van der Waals surface area (Å²) in [4.78, 5) is 2.08. The Morgan fingerprint density at radius 1 is 1.32 bits per heavy atom. The molecule has 0 aliphatic carbocycles. The molecule has 0 saturated carbocycles. The maximum atomic E-state index is 10.1. The first-order valence-corrected chi connectivity index (χ1v) is 7.52. The molecule has 0 spiro atoms. The van der Waals surface area contributed by atoms with Crippen molar-refractivity contribution in [1.82, 2.24) is 14.7 Å². The third-order valence-corrected chi connectivity index (χ3v) is 3.50. The van der Waals surface area contributed by atoms with Gasteiger partial charge >= 0.3 is 0 Å². The minimum Gasteiger partial charge on any atom is -0.389 e. The van der Waals surface area contributed by atoms with Gasteiger partial charge in [0.25, 0.3) is 0 Å². The van der Waals surface area contributed by atoms with E-state index >= 15 is 0 Å². The van der Waals surface area contributed by atoms with Crippen molar-refractivity contribution in [1.29, 1.82) is 0 Å². The molecule has 1 N–H and O–H groups in total. The van der Waals surface area contributed by atoms with Gasteiger partial charge in [-0.15, -0.1) is 0 Å². The number of hydrogen-bond acceptors (Lipinski definition) is 4. The summed E-state index contributed by atoms with van der Waals surface area (Å²) in [5, 5.41) is 14.4. The van der Waals surface area contributed by atoms with E-state index in [4.69, 9.17) is 4.74 Å². The van der Waals surface area contributed by atoms with Gasteiger partial charge in [0.15, 0.2) is 0 Å². The zero-order valence-electron chi connectivity index (χ0n) is 13.6. The highest BCUT2D eigenvalue weighted by atomic mass is 16.5. The summed E-state index contributed by atoms with van der Waals surface area (Å²) in [5.74, 6) is 0. The lowest BCUT2D eigenvalue weighted by molar-refractivity contribution is 0.0127. The Bertz CT molecular complexity index is 569. The van der Waals surface area contributed by atoms with Crippen LogP contribution in [0.25, 0.3) is 0 Å². The van der Waals surface area contributed by atoms with Crippen LogP contribution in [0.3, 0.4) is 0 Å². The van der Waals surface area contributed by atoms with Crippen LogP contribution in [0.4, 0.5) is 0 Å². The topological polar surface area (TPSA) is 50.5 Å². The van der Waals surface area contributed by atoms with E-state index in [1.54, 1.807) is 0 Å². The van der Waals surface area contributed by atoms with Crippen molar-refractivity contribution in [2.75, 3.05) is 20.2 Å². The Hall–Kier alpha value is -1.69. The minimum absolute atomic E-state index is 0.339. The molecule has 22 heavy (non-hydrogen) atoms. The van der Waals surface area contributed by atoms with Crippen molar-refractivity contribution >= 4 is 0 Å². The van der Waals surface area contributed by atoms with Crippen molar-refractivity contribution in [2.24, 2.45) is 7.05 Å². The van der Waals surface area contributed by atoms with E-state index in [0.717, 1.165) is 17.8 Å². The summed E-state index contributed by atoms with van der Waals surface area (Å²) in [6, 6.07) is 9.99. The van der Waals surface area contributed by atoms with Gasteiger partial charge in [0.05, 0.1) is 25.0 Å². The van der Waals surface area contributed by atoms with E-state index in [2.05, 4.69) is 10.00 Å². The van der Waals surface area contributed by atoms with Gasteiger partial charge in [0, 0.05) is 31.9 Å². The van der Waals surface area contributed by atoms with Crippen molar-refractivity contribution in [2.45, 2.75) is 26.2 Å². The Morgan fingerprint density at radius 2 is 2.05 bits per heavy atom. The van der Waals surface area contributed by atoms with Gasteiger partial charge in [0.1, 0.15) is 0 Å². The van der Waals surface area contributed by atoms with Crippen molar-refractivity contribution in [3.63, 3.8) is 0 Å². The summed E-state index contributed by atoms with van der Waals surface area (Å²) in [7, 11) is 3.91. The normalized spacial score (nSPS) is 12.8. The third kappa shape index (κ3) is 5.26. The van der Waals surface area contributed by atoms with E-state index < -0.39 is 6.10 Å².